The number of H-pyrrole nitrogens is 1. The minimum absolute atomic E-state index is 0.00478. The molecule has 3 amide bonds. The Hall–Kier alpha value is -3.58. The standard InChI is InChI=1S/C26H29N7O4S/c1-31(2)15-8-9-32(14-15)25(35)19-7-6-18(38-19)23-21-22(28-29-23)16-4-3-5-17(20(16)24(21)34)27-26(36)30-33-10-12-37-13-11-33/h3-7,15H,8-14H2,1-2H3,(H,28,29)(H2,27,30,36)/t15-/m1/s1. The number of nitrogens with zero attached hydrogens (tertiary/aromatic N) is 4. The first kappa shape index (κ1) is 24.7. The number of aromatic amines is 1. The molecule has 6 rings (SSSR count). The molecule has 2 fully saturated rings. The van der Waals surface area contributed by atoms with Crippen LogP contribution in [-0.4, -0.2) is 102 Å². The first-order chi connectivity index (χ1) is 18.4. The third-order valence-electron chi connectivity index (χ3n) is 7.30. The maximum atomic E-state index is 13.7. The summed E-state index contributed by atoms with van der Waals surface area (Å²) < 4.78 is 5.31. The van der Waals surface area contributed by atoms with Crippen molar-refractivity contribution < 1.29 is 19.1 Å². The van der Waals surface area contributed by atoms with Gasteiger partial charge in [-0.15, -0.1) is 11.3 Å². The van der Waals surface area contributed by atoms with Gasteiger partial charge in [0.2, 0.25) is 0 Å². The lowest BCUT2D eigenvalue weighted by atomic mass is 10.1. The molecule has 12 heteroatoms. The number of hydrogen-bond donors (Lipinski definition) is 3. The molecule has 0 bridgehead atoms. The Morgan fingerprint density at radius 1 is 1.13 bits per heavy atom. The Balaban J connectivity index is 1.22. The number of hydrazine groups is 1. The third-order valence-corrected chi connectivity index (χ3v) is 8.38. The van der Waals surface area contributed by atoms with Crippen molar-refractivity contribution in [3.63, 3.8) is 0 Å². The van der Waals surface area contributed by atoms with Gasteiger partial charge >= 0.3 is 6.03 Å². The summed E-state index contributed by atoms with van der Waals surface area (Å²) in [6, 6.07) is 8.95. The SMILES string of the molecule is CN(C)[C@@H]1CCN(C(=O)c2ccc(-c3n[nH]c4c3C(=O)c3c(NC(=O)NN5CCOCC5)cccc3-4)s2)C1. The summed E-state index contributed by atoms with van der Waals surface area (Å²) in [5, 5.41) is 12.1. The van der Waals surface area contributed by atoms with Crippen LogP contribution in [0.3, 0.4) is 0 Å². The van der Waals surface area contributed by atoms with Crippen LogP contribution in [0.4, 0.5) is 10.5 Å². The van der Waals surface area contributed by atoms with Crippen LogP contribution >= 0.6 is 11.3 Å². The Morgan fingerprint density at radius 3 is 2.71 bits per heavy atom. The van der Waals surface area contributed by atoms with E-state index in [1.165, 1.54) is 11.3 Å². The maximum absolute atomic E-state index is 13.7. The Bertz CT molecular complexity index is 1410. The number of fused-ring (bicyclic) bond motifs is 3. The molecule has 2 aromatic heterocycles. The summed E-state index contributed by atoms with van der Waals surface area (Å²) in [5.74, 6) is -0.208. The van der Waals surface area contributed by atoms with Crippen molar-refractivity contribution in [3.8, 4) is 21.8 Å². The molecule has 1 atom stereocenters. The molecule has 3 aromatic rings. The minimum Gasteiger partial charge on any atom is -0.379 e. The second kappa shape index (κ2) is 9.95. The fraction of sp³-hybridized carbons (Fsp3) is 0.385. The zero-order valence-electron chi connectivity index (χ0n) is 21.2. The number of anilines is 1. The van der Waals surface area contributed by atoms with Gasteiger partial charge in [-0.05, 0) is 38.7 Å². The van der Waals surface area contributed by atoms with Crippen LogP contribution in [-0.2, 0) is 4.74 Å². The van der Waals surface area contributed by atoms with E-state index in [-0.39, 0.29) is 11.7 Å². The number of nitrogens with one attached hydrogen (secondary N) is 3. The van der Waals surface area contributed by atoms with Gasteiger partial charge in [0.1, 0.15) is 5.69 Å². The van der Waals surface area contributed by atoms with Gasteiger partial charge < -0.3 is 19.9 Å². The van der Waals surface area contributed by atoms with E-state index in [2.05, 4.69) is 25.8 Å². The van der Waals surface area contributed by atoms with E-state index in [1.54, 1.807) is 17.1 Å². The van der Waals surface area contributed by atoms with Crippen LogP contribution in [0.15, 0.2) is 30.3 Å². The van der Waals surface area contributed by atoms with Crippen LogP contribution in [0.2, 0.25) is 0 Å². The molecule has 1 aliphatic carbocycles. The number of thiophene rings is 1. The molecule has 11 nitrogen and oxygen atoms in total. The molecule has 38 heavy (non-hydrogen) atoms. The normalized spacial score (nSPS) is 19.1. The van der Waals surface area contributed by atoms with Gasteiger partial charge in [-0.3, -0.25) is 20.1 Å². The number of likely N-dealkylation sites (tertiary alicyclic amines) is 1. The van der Waals surface area contributed by atoms with Gasteiger partial charge in [0.15, 0.2) is 5.78 Å². The van der Waals surface area contributed by atoms with Crippen molar-refractivity contribution in [1.82, 2.24) is 30.4 Å². The first-order valence-electron chi connectivity index (χ1n) is 12.6. The fourth-order valence-electron chi connectivity index (χ4n) is 5.22. The molecule has 2 aliphatic heterocycles. The van der Waals surface area contributed by atoms with Crippen molar-refractivity contribution in [2.75, 3.05) is 58.8 Å². The summed E-state index contributed by atoms with van der Waals surface area (Å²) in [5.41, 5.74) is 5.94. The molecule has 2 saturated heterocycles. The molecule has 0 radical (unpaired) electrons. The quantitative estimate of drug-likeness (QED) is 0.359. The molecule has 0 spiro atoms. The van der Waals surface area contributed by atoms with Crippen LogP contribution in [0.1, 0.15) is 32.0 Å². The minimum atomic E-state index is -0.415. The highest BCUT2D eigenvalue weighted by Crippen LogP contribution is 2.44. The van der Waals surface area contributed by atoms with Gasteiger partial charge in [0, 0.05) is 37.8 Å². The highest BCUT2D eigenvalue weighted by atomic mass is 32.1. The molecule has 1 aromatic carbocycles. The molecule has 0 saturated carbocycles. The van der Waals surface area contributed by atoms with Gasteiger partial charge in [-0.2, -0.15) is 5.10 Å². The molecule has 3 N–H and O–H groups in total. The second-order valence-electron chi connectivity index (χ2n) is 9.87. The van der Waals surface area contributed by atoms with E-state index >= 15 is 0 Å². The summed E-state index contributed by atoms with van der Waals surface area (Å²) in [6.45, 7) is 3.73. The summed E-state index contributed by atoms with van der Waals surface area (Å²) in [7, 11) is 4.07. The van der Waals surface area contributed by atoms with E-state index in [0.29, 0.717) is 77.5 Å². The topological polar surface area (TPSA) is 123 Å². The van der Waals surface area contributed by atoms with Crippen molar-refractivity contribution in [2.24, 2.45) is 0 Å². The lowest BCUT2D eigenvalue weighted by Gasteiger charge is -2.27. The number of likely N-dealkylation sites (N-methyl/N-ethyl adjacent to an activating group) is 1. The molecule has 0 unspecified atom stereocenters. The average molecular weight is 536 g/mol. The van der Waals surface area contributed by atoms with Crippen LogP contribution in [0.25, 0.3) is 21.8 Å². The number of carbonyl (C=O) groups excluding carboxylic acids is 3. The third kappa shape index (κ3) is 4.39. The number of ether oxygens (including phenoxy) is 1. The fourth-order valence-corrected chi connectivity index (χ4v) is 6.19. The Kier molecular flexibility index (Phi) is 6.48. The van der Waals surface area contributed by atoms with Crippen molar-refractivity contribution in [1.29, 1.82) is 0 Å². The predicted molar refractivity (Wildman–Crippen MR) is 143 cm³/mol. The number of benzene rings is 1. The molecule has 4 heterocycles. The van der Waals surface area contributed by atoms with Gasteiger partial charge in [0.05, 0.1) is 45.5 Å². The van der Waals surface area contributed by atoms with Crippen LogP contribution in [0.5, 0.6) is 0 Å². The summed E-state index contributed by atoms with van der Waals surface area (Å²) in [6.07, 6.45) is 0.956. The van der Waals surface area contributed by atoms with E-state index in [9.17, 15) is 14.4 Å². The van der Waals surface area contributed by atoms with Crippen LogP contribution in [0, 0.1) is 0 Å². The van der Waals surface area contributed by atoms with Crippen molar-refractivity contribution >= 4 is 34.7 Å². The first-order valence-corrected chi connectivity index (χ1v) is 13.4. The van der Waals surface area contributed by atoms with Crippen molar-refractivity contribution in [3.05, 3.63) is 46.3 Å². The Labute approximate surface area is 223 Å². The van der Waals surface area contributed by atoms with Gasteiger partial charge in [0.25, 0.3) is 5.91 Å². The van der Waals surface area contributed by atoms with E-state index < -0.39 is 6.03 Å². The summed E-state index contributed by atoms with van der Waals surface area (Å²) in [4.78, 5) is 44.8. The number of carbonyl (C=O) groups is 3. The highest BCUT2D eigenvalue weighted by Gasteiger charge is 2.36. The van der Waals surface area contributed by atoms with E-state index in [0.717, 1.165) is 17.8 Å². The van der Waals surface area contributed by atoms with Gasteiger partial charge in [-0.1, -0.05) is 12.1 Å². The number of hydrogen-bond acceptors (Lipinski definition) is 8. The lowest BCUT2D eigenvalue weighted by molar-refractivity contribution is 0.0207. The molecule has 3 aliphatic rings. The molecular formula is C26H29N7O4S. The zero-order chi connectivity index (χ0) is 26.4. The molecule has 198 valence electrons. The number of amides is 3. The molecular weight excluding hydrogens is 506 g/mol. The lowest BCUT2D eigenvalue weighted by Crippen LogP contribution is -2.49. The highest BCUT2D eigenvalue weighted by molar-refractivity contribution is 7.17. The number of urea groups is 1. The monoisotopic (exact) mass is 535 g/mol. The second-order valence-corrected chi connectivity index (χ2v) is 10.9. The summed E-state index contributed by atoms with van der Waals surface area (Å²) >= 11 is 1.34. The van der Waals surface area contributed by atoms with Gasteiger partial charge in [-0.25, -0.2) is 9.80 Å². The van der Waals surface area contributed by atoms with Crippen LogP contribution < -0.4 is 10.7 Å². The number of ketones is 1. The largest absolute Gasteiger partial charge is 0.379 e. The van der Waals surface area contributed by atoms with E-state index in [4.69, 9.17) is 4.74 Å². The number of morpholine rings is 1. The maximum Gasteiger partial charge on any atom is 0.333 e. The Morgan fingerprint density at radius 2 is 1.95 bits per heavy atom. The van der Waals surface area contributed by atoms with Crippen molar-refractivity contribution in [2.45, 2.75) is 12.5 Å². The average Bonchev–Trinajstić information content (AvgIpc) is 3.70. The number of rotatable bonds is 5. The zero-order valence-corrected chi connectivity index (χ0v) is 22.1. The predicted octanol–water partition coefficient (Wildman–Crippen LogP) is 2.49. The smallest absolute Gasteiger partial charge is 0.333 e. The van der Waals surface area contributed by atoms with E-state index in [1.807, 2.05) is 37.2 Å². The number of aromatic nitrogens is 2.